The third-order valence-electron chi connectivity index (χ3n) is 9.47. The van der Waals surface area contributed by atoms with Crippen LogP contribution in [0.5, 0.6) is 0 Å². The lowest BCUT2D eigenvalue weighted by Crippen LogP contribution is -2.48. The lowest BCUT2D eigenvalue weighted by Gasteiger charge is -2.37. The van der Waals surface area contributed by atoms with Gasteiger partial charge in [-0.05, 0) is 44.1 Å². The van der Waals surface area contributed by atoms with E-state index in [0.717, 1.165) is 50.2 Å². The molecule has 9 heteroatoms. The smallest absolute Gasteiger partial charge is 0.249 e. The van der Waals surface area contributed by atoms with Crippen molar-refractivity contribution < 1.29 is 19.2 Å². The van der Waals surface area contributed by atoms with Crippen LogP contribution in [0.25, 0.3) is 0 Å². The van der Waals surface area contributed by atoms with Crippen molar-refractivity contribution in [3.05, 3.63) is 59.4 Å². The molecule has 1 unspecified atom stereocenters. The summed E-state index contributed by atoms with van der Waals surface area (Å²) in [6.07, 6.45) is 6.82. The second kappa shape index (κ2) is 11.0. The number of benzene rings is 1. The van der Waals surface area contributed by atoms with E-state index < -0.39 is 0 Å². The van der Waals surface area contributed by atoms with Gasteiger partial charge in [-0.1, -0.05) is 44.2 Å². The third-order valence-corrected chi connectivity index (χ3v) is 9.47. The molecule has 0 saturated carbocycles. The molecule has 5 aliphatic rings. The van der Waals surface area contributed by atoms with E-state index >= 15 is 0 Å². The number of hydrogen-bond acceptors (Lipinski definition) is 6. The highest BCUT2D eigenvalue weighted by atomic mass is 16.2. The maximum atomic E-state index is 13.6. The molecule has 5 aliphatic heterocycles. The lowest BCUT2D eigenvalue weighted by atomic mass is 9.99. The van der Waals surface area contributed by atoms with Crippen LogP contribution >= 0.6 is 0 Å². The number of rotatable bonds is 8. The number of carbonyl (C=O) groups is 4. The van der Waals surface area contributed by atoms with Crippen molar-refractivity contribution in [1.29, 1.82) is 0 Å². The molecule has 0 aliphatic carbocycles. The Morgan fingerprint density at radius 1 is 0.878 bits per heavy atom. The number of hydrogen-bond donors (Lipinski definition) is 1. The first-order valence-corrected chi connectivity index (χ1v) is 15.1. The van der Waals surface area contributed by atoms with Gasteiger partial charge in [-0.2, -0.15) is 0 Å². The van der Waals surface area contributed by atoms with E-state index in [2.05, 4.69) is 46.0 Å². The number of amides is 3. The van der Waals surface area contributed by atoms with Crippen LogP contribution in [-0.2, 0) is 25.6 Å². The van der Waals surface area contributed by atoms with Gasteiger partial charge in [0.25, 0.3) is 0 Å². The van der Waals surface area contributed by atoms with Crippen LogP contribution in [0.3, 0.4) is 0 Å². The summed E-state index contributed by atoms with van der Waals surface area (Å²) < 4.78 is 0. The molecule has 218 valence electrons. The predicted octanol–water partition coefficient (Wildman–Crippen LogP) is 2.09. The monoisotopic (exact) mass is 559 g/mol. The van der Waals surface area contributed by atoms with Gasteiger partial charge in [-0.3, -0.25) is 19.2 Å². The highest BCUT2D eigenvalue weighted by Gasteiger charge is 2.47. The minimum atomic E-state index is -0.365. The Hall–Kier alpha value is -3.62. The third kappa shape index (κ3) is 5.26. The van der Waals surface area contributed by atoms with Gasteiger partial charge in [0.15, 0.2) is 5.78 Å². The molecule has 0 radical (unpaired) electrons. The Morgan fingerprint density at radius 3 is 2.17 bits per heavy atom. The van der Waals surface area contributed by atoms with E-state index in [0.29, 0.717) is 19.0 Å². The van der Waals surface area contributed by atoms with Crippen LogP contribution in [0.1, 0.15) is 52.0 Å². The highest BCUT2D eigenvalue weighted by molar-refractivity contribution is 6.07. The molecule has 3 amide bonds. The van der Waals surface area contributed by atoms with Gasteiger partial charge in [0, 0.05) is 49.7 Å². The first kappa shape index (κ1) is 27.5. The van der Waals surface area contributed by atoms with Crippen LogP contribution in [0, 0.1) is 5.92 Å². The molecule has 41 heavy (non-hydrogen) atoms. The van der Waals surface area contributed by atoms with Gasteiger partial charge < -0.3 is 24.9 Å². The van der Waals surface area contributed by atoms with Crippen LogP contribution in [0.4, 0.5) is 0 Å². The molecule has 9 nitrogen and oxygen atoms in total. The van der Waals surface area contributed by atoms with Gasteiger partial charge >= 0.3 is 0 Å². The quantitative estimate of drug-likeness (QED) is 0.491. The largest absolute Gasteiger partial charge is 0.371 e. The van der Waals surface area contributed by atoms with Crippen LogP contribution in [0.2, 0.25) is 0 Å². The summed E-state index contributed by atoms with van der Waals surface area (Å²) in [6, 6.07) is 9.82. The van der Waals surface area contributed by atoms with E-state index in [4.69, 9.17) is 0 Å². The second-order valence-electron chi connectivity index (χ2n) is 12.7. The van der Waals surface area contributed by atoms with Crippen molar-refractivity contribution in [2.24, 2.45) is 5.92 Å². The van der Waals surface area contributed by atoms with Crippen molar-refractivity contribution in [3.8, 4) is 0 Å². The Bertz CT molecular complexity index is 1290. The molecule has 5 heterocycles. The average molecular weight is 560 g/mol. The zero-order chi connectivity index (χ0) is 28.8. The van der Waals surface area contributed by atoms with E-state index in [1.54, 1.807) is 11.0 Å². The SMILES string of the molecule is CC(C)C[C@H]1C(N2CC[C@H](N3C(=O)CC(=O)[C@@H]3C)C2)=CC(=O)N1[C@H]1CCN(C2=CC(=O)NC2Cc2ccccc2)C1. The molecule has 3 fully saturated rings. The van der Waals surface area contributed by atoms with Crippen molar-refractivity contribution in [2.75, 3.05) is 26.2 Å². The van der Waals surface area contributed by atoms with E-state index in [9.17, 15) is 19.2 Å². The molecule has 5 atom stereocenters. The van der Waals surface area contributed by atoms with Gasteiger partial charge in [-0.15, -0.1) is 0 Å². The zero-order valence-corrected chi connectivity index (χ0v) is 24.3. The fraction of sp³-hybridized carbons (Fsp3) is 0.562. The number of ketones is 1. The normalized spacial score (nSPS) is 30.3. The molecule has 6 rings (SSSR count). The molecule has 1 aromatic carbocycles. The number of nitrogens with one attached hydrogen (secondary N) is 1. The summed E-state index contributed by atoms with van der Waals surface area (Å²) in [6.45, 7) is 9.15. The summed E-state index contributed by atoms with van der Waals surface area (Å²) in [7, 11) is 0. The van der Waals surface area contributed by atoms with Gasteiger partial charge in [-0.25, -0.2) is 0 Å². The fourth-order valence-electron chi connectivity index (χ4n) is 7.54. The number of Topliss-reactive ketones (excluding diaryl/α,β-unsaturated/α-hetero) is 1. The topological polar surface area (TPSA) is 93.3 Å². The summed E-state index contributed by atoms with van der Waals surface area (Å²) in [4.78, 5) is 59.2. The van der Waals surface area contributed by atoms with Crippen LogP contribution in [0.15, 0.2) is 53.9 Å². The number of nitrogens with zero attached hydrogens (tertiary/aromatic N) is 4. The molecule has 0 spiro atoms. The Kier molecular flexibility index (Phi) is 7.38. The molecule has 3 saturated heterocycles. The number of likely N-dealkylation sites (tertiary alicyclic amines) is 3. The molecule has 1 N–H and O–H groups in total. The molecule has 0 aromatic heterocycles. The zero-order valence-electron chi connectivity index (χ0n) is 24.3. The molecular weight excluding hydrogens is 518 g/mol. The summed E-state index contributed by atoms with van der Waals surface area (Å²) in [5.41, 5.74) is 3.25. The predicted molar refractivity (Wildman–Crippen MR) is 154 cm³/mol. The average Bonchev–Trinajstić information content (AvgIpc) is 3.74. The van der Waals surface area contributed by atoms with Crippen molar-refractivity contribution >= 4 is 23.5 Å². The van der Waals surface area contributed by atoms with Crippen LogP contribution < -0.4 is 5.32 Å². The summed E-state index contributed by atoms with van der Waals surface area (Å²) in [5.74, 6) is 0.326. The van der Waals surface area contributed by atoms with Gasteiger partial charge in [0.05, 0.1) is 36.6 Å². The minimum Gasteiger partial charge on any atom is -0.371 e. The maximum Gasteiger partial charge on any atom is 0.249 e. The standard InChI is InChI=1S/C32H41N5O4/c1-20(2)13-28-27(35-12-9-23(18-35)36-21(3)29(38)17-32(36)41)16-31(40)37(28)24-10-11-34(19-24)26-15-30(39)33-25(26)14-22-7-5-4-6-8-22/h4-8,15-16,20-21,23-25,28H,9-14,17-19H2,1-3H3,(H,33,39)/t21-,23-,24-,25?,28-/m0/s1. The van der Waals surface area contributed by atoms with Gasteiger partial charge in [0.2, 0.25) is 17.7 Å². The first-order chi connectivity index (χ1) is 19.7. The van der Waals surface area contributed by atoms with E-state index in [1.807, 2.05) is 31.2 Å². The lowest BCUT2D eigenvalue weighted by molar-refractivity contribution is -0.130. The minimum absolute atomic E-state index is 0.00126. The molecule has 0 bridgehead atoms. The Labute approximate surface area is 242 Å². The Morgan fingerprint density at radius 2 is 1.54 bits per heavy atom. The molecule has 1 aromatic rings. The van der Waals surface area contributed by atoms with Gasteiger partial charge in [0.1, 0.15) is 0 Å². The van der Waals surface area contributed by atoms with E-state index in [-0.39, 0.29) is 60.1 Å². The second-order valence-corrected chi connectivity index (χ2v) is 12.7. The Balaban J connectivity index is 1.15. The maximum absolute atomic E-state index is 13.6. The van der Waals surface area contributed by atoms with Crippen molar-refractivity contribution in [1.82, 2.24) is 24.9 Å². The first-order valence-electron chi connectivity index (χ1n) is 15.1. The summed E-state index contributed by atoms with van der Waals surface area (Å²) >= 11 is 0. The van der Waals surface area contributed by atoms with Crippen molar-refractivity contribution in [3.63, 3.8) is 0 Å². The van der Waals surface area contributed by atoms with Crippen molar-refractivity contribution in [2.45, 2.75) is 83.1 Å². The highest BCUT2D eigenvalue weighted by Crippen LogP contribution is 2.36. The van der Waals surface area contributed by atoms with E-state index in [1.165, 1.54) is 5.56 Å². The summed E-state index contributed by atoms with van der Waals surface area (Å²) in [5, 5.41) is 3.12. The fourth-order valence-corrected chi connectivity index (χ4v) is 7.54. The molecular formula is C32H41N5O4. The van der Waals surface area contributed by atoms with Crippen LogP contribution in [-0.4, -0.2) is 99.5 Å². The number of carbonyl (C=O) groups excluding carboxylic acids is 4.